The van der Waals surface area contributed by atoms with Crippen LogP contribution in [0.3, 0.4) is 0 Å². The first-order valence-corrected chi connectivity index (χ1v) is 3.27. The van der Waals surface area contributed by atoms with Crippen molar-refractivity contribution in [2.45, 2.75) is 26.3 Å². The number of ether oxygens (including phenoxy) is 1. The molecule has 0 aliphatic carbocycles. The van der Waals surface area contributed by atoms with Crippen LogP contribution in [0.25, 0.3) is 0 Å². The SMILES string of the molecule is COC(=O)C(C)(C)NC(C)=O. The van der Waals surface area contributed by atoms with E-state index in [4.69, 9.17) is 0 Å². The lowest BCUT2D eigenvalue weighted by Crippen LogP contribution is -2.49. The minimum Gasteiger partial charge on any atom is -0.467 e. The highest BCUT2D eigenvalue weighted by Gasteiger charge is 2.28. The monoisotopic (exact) mass is 159 g/mol. The van der Waals surface area contributed by atoms with Crippen molar-refractivity contribution in [3.8, 4) is 0 Å². The summed E-state index contributed by atoms with van der Waals surface area (Å²) >= 11 is 0. The predicted octanol–water partition coefficient (Wildman–Crippen LogP) is 0.0741. The topological polar surface area (TPSA) is 55.4 Å². The molecule has 0 heterocycles. The number of rotatable bonds is 2. The Labute approximate surface area is 65.9 Å². The van der Waals surface area contributed by atoms with E-state index in [9.17, 15) is 9.59 Å². The highest BCUT2D eigenvalue weighted by Crippen LogP contribution is 2.03. The smallest absolute Gasteiger partial charge is 0.330 e. The number of hydrogen-bond donors (Lipinski definition) is 1. The molecule has 4 nitrogen and oxygen atoms in total. The van der Waals surface area contributed by atoms with Crippen LogP contribution in [-0.4, -0.2) is 24.5 Å². The molecule has 0 aromatic carbocycles. The van der Waals surface area contributed by atoms with Crippen LogP contribution in [0.5, 0.6) is 0 Å². The summed E-state index contributed by atoms with van der Waals surface area (Å²) in [5.41, 5.74) is -0.930. The number of methoxy groups -OCH3 is 1. The number of esters is 1. The summed E-state index contributed by atoms with van der Waals surface area (Å²) in [6.45, 7) is 4.52. The van der Waals surface area contributed by atoms with Gasteiger partial charge in [-0.3, -0.25) is 4.79 Å². The minimum atomic E-state index is -0.930. The van der Waals surface area contributed by atoms with Gasteiger partial charge in [-0.2, -0.15) is 0 Å². The lowest BCUT2D eigenvalue weighted by molar-refractivity contribution is -0.149. The summed E-state index contributed by atoms with van der Waals surface area (Å²) in [7, 11) is 1.28. The van der Waals surface area contributed by atoms with E-state index in [2.05, 4.69) is 10.1 Å². The average molecular weight is 159 g/mol. The van der Waals surface area contributed by atoms with Crippen LogP contribution in [0, 0.1) is 0 Å². The van der Waals surface area contributed by atoms with Crippen LogP contribution < -0.4 is 5.32 Å². The Bertz CT molecular complexity index is 175. The molecule has 0 aliphatic rings. The molecule has 0 saturated carbocycles. The van der Waals surface area contributed by atoms with E-state index in [0.29, 0.717) is 0 Å². The molecule has 0 spiro atoms. The van der Waals surface area contributed by atoms with Crippen molar-refractivity contribution in [2.75, 3.05) is 7.11 Å². The second-order valence-corrected chi connectivity index (χ2v) is 2.80. The Kier molecular flexibility index (Phi) is 3.04. The maximum atomic E-state index is 10.9. The first-order valence-electron chi connectivity index (χ1n) is 3.27. The summed E-state index contributed by atoms with van der Waals surface area (Å²) in [6.07, 6.45) is 0. The van der Waals surface area contributed by atoms with E-state index in [0.717, 1.165) is 0 Å². The maximum absolute atomic E-state index is 10.9. The number of hydrogen-bond acceptors (Lipinski definition) is 3. The summed E-state index contributed by atoms with van der Waals surface area (Å²) < 4.78 is 4.46. The van der Waals surface area contributed by atoms with Crippen molar-refractivity contribution < 1.29 is 14.3 Å². The summed E-state index contributed by atoms with van der Waals surface area (Å²) in [4.78, 5) is 21.5. The molecular weight excluding hydrogens is 146 g/mol. The van der Waals surface area contributed by atoms with E-state index in [-0.39, 0.29) is 5.91 Å². The summed E-state index contributed by atoms with van der Waals surface area (Å²) in [6, 6.07) is 0. The molecule has 1 amide bonds. The molecule has 0 fully saturated rings. The van der Waals surface area contributed by atoms with Crippen LogP contribution in [0.2, 0.25) is 0 Å². The molecule has 64 valence electrons. The van der Waals surface area contributed by atoms with Gasteiger partial charge in [-0.05, 0) is 13.8 Å². The largest absolute Gasteiger partial charge is 0.467 e. The van der Waals surface area contributed by atoms with Crippen LogP contribution in [0.4, 0.5) is 0 Å². The molecule has 0 bridgehead atoms. The Morgan fingerprint density at radius 2 is 1.82 bits per heavy atom. The molecule has 0 aliphatic heterocycles. The van der Waals surface area contributed by atoms with Gasteiger partial charge in [0.2, 0.25) is 5.91 Å². The Morgan fingerprint density at radius 1 is 1.36 bits per heavy atom. The van der Waals surface area contributed by atoms with Crippen LogP contribution in [0.1, 0.15) is 20.8 Å². The minimum absolute atomic E-state index is 0.250. The van der Waals surface area contributed by atoms with Crippen molar-refractivity contribution >= 4 is 11.9 Å². The molecule has 1 N–H and O–H groups in total. The third kappa shape index (κ3) is 3.02. The van der Waals surface area contributed by atoms with E-state index in [1.807, 2.05) is 0 Å². The second kappa shape index (κ2) is 3.37. The molecule has 0 rings (SSSR count). The van der Waals surface area contributed by atoms with E-state index in [1.54, 1.807) is 13.8 Å². The van der Waals surface area contributed by atoms with Gasteiger partial charge in [0.15, 0.2) is 0 Å². The van der Waals surface area contributed by atoms with Crippen LogP contribution >= 0.6 is 0 Å². The van der Waals surface area contributed by atoms with Crippen molar-refractivity contribution in [1.29, 1.82) is 0 Å². The lowest BCUT2D eigenvalue weighted by atomic mass is 10.1. The van der Waals surface area contributed by atoms with Gasteiger partial charge in [0.25, 0.3) is 0 Å². The van der Waals surface area contributed by atoms with E-state index < -0.39 is 11.5 Å². The van der Waals surface area contributed by atoms with Crippen molar-refractivity contribution in [3.63, 3.8) is 0 Å². The van der Waals surface area contributed by atoms with Gasteiger partial charge in [-0.1, -0.05) is 0 Å². The van der Waals surface area contributed by atoms with Gasteiger partial charge < -0.3 is 10.1 Å². The quantitative estimate of drug-likeness (QED) is 0.580. The van der Waals surface area contributed by atoms with E-state index in [1.165, 1.54) is 14.0 Å². The third-order valence-electron chi connectivity index (χ3n) is 1.18. The van der Waals surface area contributed by atoms with Gasteiger partial charge in [0.05, 0.1) is 7.11 Å². The first kappa shape index (κ1) is 9.94. The molecule has 0 aromatic heterocycles. The molecular formula is C7H13NO3. The molecule has 0 radical (unpaired) electrons. The highest BCUT2D eigenvalue weighted by molar-refractivity contribution is 5.86. The first-order chi connectivity index (χ1) is 4.90. The zero-order chi connectivity index (χ0) is 9.07. The van der Waals surface area contributed by atoms with Crippen LogP contribution in [0.15, 0.2) is 0 Å². The predicted molar refractivity (Wildman–Crippen MR) is 39.9 cm³/mol. The van der Waals surface area contributed by atoms with Gasteiger partial charge in [-0.15, -0.1) is 0 Å². The van der Waals surface area contributed by atoms with Gasteiger partial charge in [-0.25, -0.2) is 4.79 Å². The van der Waals surface area contributed by atoms with Gasteiger partial charge in [0.1, 0.15) is 5.54 Å². The molecule has 0 saturated heterocycles. The Hall–Kier alpha value is -1.06. The summed E-state index contributed by atoms with van der Waals surface area (Å²) in [5, 5.41) is 2.46. The number of nitrogens with one attached hydrogen (secondary N) is 1. The van der Waals surface area contributed by atoms with Crippen molar-refractivity contribution in [2.24, 2.45) is 0 Å². The highest BCUT2D eigenvalue weighted by atomic mass is 16.5. The second-order valence-electron chi connectivity index (χ2n) is 2.80. The molecule has 0 aromatic rings. The van der Waals surface area contributed by atoms with Crippen LogP contribution in [-0.2, 0) is 14.3 Å². The summed E-state index contributed by atoms with van der Waals surface area (Å²) in [5.74, 6) is -0.701. The fraction of sp³-hybridized carbons (Fsp3) is 0.714. The zero-order valence-corrected chi connectivity index (χ0v) is 7.22. The van der Waals surface area contributed by atoms with Gasteiger partial charge in [0, 0.05) is 6.92 Å². The lowest BCUT2D eigenvalue weighted by Gasteiger charge is -2.21. The number of carbonyl (C=O) groups is 2. The molecule has 4 heteroatoms. The Balaban J connectivity index is 4.21. The van der Waals surface area contributed by atoms with Gasteiger partial charge >= 0.3 is 5.97 Å². The van der Waals surface area contributed by atoms with E-state index >= 15 is 0 Å². The molecule has 0 unspecified atom stereocenters. The number of carbonyl (C=O) groups excluding carboxylic acids is 2. The average Bonchev–Trinajstić information content (AvgIpc) is 1.83. The molecule has 11 heavy (non-hydrogen) atoms. The fourth-order valence-electron chi connectivity index (χ4n) is 0.746. The normalized spacial score (nSPS) is 10.5. The van der Waals surface area contributed by atoms with Crippen molar-refractivity contribution in [1.82, 2.24) is 5.32 Å². The standard InChI is InChI=1S/C7H13NO3/c1-5(9)8-7(2,3)6(10)11-4/h1-4H3,(H,8,9). The van der Waals surface area contributed by atoms with Crippen molar-refractivity contribution in [3.05, 3.63) is 0 Å². The Morgan fingerprint density at radius 3 is 2.09 bits per heavy atom. The third-order valence-corrected chi connectivity index (χ3v) is 1.18. The number of amides is 1. The molecule has 0 atom stereocenters. The fourth-order valence-corrected chi connectivity index (χ4v) is 0.746. The zero-order valence-electron chi connectivity index (χ0n) is 7.22. The maximum Gasteiger partial charge on any atom is 0.330 e.